The maximum Gasteiger partial charge on any atom is 0.156 e. The van der Waals surface area contributed by atoms with Gasteiger partial charge in [0.25, 0.3) is 0 Å². The molecule has 0 bridgehead atoms. The van der Waals surface area contributed by atoms with Gasteiger partial charge in [0.05, 0.1) is 18.2 Å². The predicted molar refractivity (Wildman–Crippen MR) is 110 cm³/mol. The second-order valence-corrected chi connectivity index (χ2v) is 7.46. The smallest absolute Gasteiger partial charge is 0.156 e. The molecule has 3 aromatic rings. The number of aliphatic hydroxyl groups excluding tert-OH is 1. The van der Waals surface area contributed by atoms with E-state index in [0.29, 0.717) is 37.3 Å². The van der Waals surface area contributed by atoms with Gasteiger partial charge in [0.15, 0.2) is 5.15 Å². The number of ether oxygens (including phenoxy) is 1. The molecule has 6 nitrogen and oxygen atoms in total. The summed E-state index contributed by atoms with van der Waals surface area (Å²) in [4.78, 5) is 8.48. The molecule has 1 aromatic carbocycles. The fourth-order valence-corrected chi connectivity index (χ4v) is 3.60. The number of hydrogen-bond acceptors (Lipinski definition) is 6. The van der Waals surface area contributed by atoms with Crippen molar-refractivity contribution in [2.24, 2.45) is 0 Å². The Kier molecular flexibility index (Phi) is 7.49. The lowest BCUT2D eigenvalue weighted by Gasteiger charge is -2.09. The Morgan fingerprint density at radius 3 is 2.89 bits per heavy atom. The van der Waals surface area contributed by atoms with E-state index in [-0.39, 0.29) is 6.10 Å². The average molecular weight is 407 g/mol. The van der Waals surface area contributed by atoms with E-state index in [0.717, 1.165) is 22.2 Å². The van der Waals surface area contributed by atoms with Crippen molar-refractivity contribution in [3.63, 3.8) is 0 Å². The first-order valence-corrected chi connectivity index (χ1v) is 10.4. The van der Waals surface area contributed by atoms with Gasteiger partial charge in [0, 0.05) is 30.6 Å². The second kappa shape index (κ2) is 10.1. The summed E-state index contributed by atoms with van der Waals surface area (Å²) in [5.74, 6) is 0.704. The summed E-state index contributed by atoms with van der Waals surface area (Å²) < 4.78 is 7.77. The van der Waals surface area contributed by atoms with Gasteiger partial charge in [-0.15, -0.1) is 0 Å². The van der Waals surface area contributed by atoms with E-state index in [2.05, 4.69) is 15.3 Å². The zero-order valence-corrected chi connectivity index (χ0v) is 16.7. The Hall–Kier alpha value is -1.64. The third-order valence-electron chi connectivity index (χ3n) is 4.08. The van der Waals surface area contributed by atoms with Crippen LogP contribution >= 0.6 is 23.4 Å². The van der Waals surface area contributed by atoms with Crippen LogP contribution in [0.1, 0.15) is 11.1 Å². The summed E-state index contributed by atoms with van der Waals surface area (Å²) in [7, 11) is 0. The number of fused-ring (bicyclic) bond motifs is 1. The Bertz CT molecular complexity index is 860. The zero-order valence-electron chi connectivity index (χ0n) is 15.1. The predicted octanol–water partition coefficient (Wildman–Crippen LogP) is 3.07. The lowest BCUT2D eigenvalue weighted by atomic mass is 10.2. The number of hydrogen-bond donors (Lipinski definition) is 2. The summed E-state index contributed by atoms with van der Waals surface area (Å²) in [6, 6.07) is 10.0. The van der Waals surface area contributed by atoms with Crippen LogP contribution in [0.25, 0.3) is 11.0 Å². The van der Waals surface area contributed by atoms with Crippen LogP contribution in [0.2, 0.25) is 5.15 Å². The molecule has 0 aliphatic heterocycles. The summed E-state index contributed by atoms with van der Waals surface area (Å²) >= 11 is 7.93. The van der Waals surface area contributed by atoms with Crippen molar-refractivity contribution in [1.29, 1.82) is 0 Å². The number of halogens is 1. The molecule has 0 fully saturated rings. The fourth-order valence-electron chi connectivity index (χ4n) is 2.85. The van der Waals surface area contributed by atoms with E-state index >= 15 is 0 Å². The molecule has 2 heterocycles. The highest BCUT2D eigenvalue weighted by Crippen LogP contribution is 2.25. The standard InChI is InChI=1S/C19H23ClN4O2S/c1-27-11-16(25)8-21-7-15-9-24(18-17(15)22-12-23-19(18)20)13-26-10-14-5-3-2-4-6-14/h2-6,9,12,16,21,25H,7-8,10-11,13H2,1H3/t16-/m0/s1. The molecule has 0 saturated heterocycles. The van der Waals surface area contributed by atoms with E-state index in [9.17, 15) is 5.11 Å². The second-order valence-electron chi connectivity index (χ2n) is 6.19. The Morgan fingerprint density at radius 1 is 1.30 bits per heavy atom. The van der Waals surface area contributed by atoms with Crippen molar-refractivity contribution in [1.82, 2.24) is 19.9 Å². The number of thioether (sulfide) groups is 1. The number of rotatable bonds is 10. The van der Waals surface area contributed by atoms with Crippen molar-refractivity contribution in [3.8, 4) is 0 Å². The van der Waals surface area contributed by atoms with Crippen LogP contribution in [0.3, 0.4) is 0 Å². The van der Waals surface area contributed by atoms with Gasteiger partial charge in [-0.25, -0.2) is 9.97 Å². The topological polar surface area (TPSA) is 72.2 Å². The molecule has 0 unspecified atom stereocenters. The third kappa shape index (κ3) is 5.43. The van der Waals surface area contributed by atoms with Gasteiger partial charge in [0.1, 0.15) is 18.6 Å². The van der Waals surface area contributed by atoms with Crippen LogP contribution in [-0.4, -0.2) is 44.3 Å². The number of aromatic nitrogens is 3. The molecule has 27 heavy (non-hydrogen) atoms. The first-order chi connectivity index (χ1) is 13.2. The van der Waals surface area contributed by atoms with Crippen LogP contribution in [0.15, 0.2) is 42.9 Å². The van der Waals surface area contributed by atoms with E-state index in [1.807, 2.05) is 47.4 Å². The molecule has 1 atom stereocenters. The first-order valence-electron chi connectivity index (χ1n) is 8.66. The molecule has 2 aromatic heterocycles. The Balaban J connectivity index is 1.69. The largest absolute Gasteiger partial charge is 0.391 e. The molecule has 2 N–H and O–H groups in total. The summed E-state index contributed by atoms with van der Waals surface area (Å²) in [6.07, 6.45) is 5.04. The Morgan fingerprint density at radius 2 is 2.11 bits per heavy atom. The molecule has 0 aliphatic rings. The number of nitrogens with zero attached hydrogens (tertiary/aromatic N) is 3. The van der Waals surface area contributed by atoms with Crippen molar-refractivity contribution in [3.05, 3.63) is 59.1 Å². The van der Waals surface area contributed by atoms with Gasteiger partial charge in [-0.2, -0.15) is 11.8 Å². The van der Waals surface area contributed by atoms with Crippen LogP contribution in [-0.2, 0) is 24.6 Å². The van der Waals surface area contributed by atoms with Gasteiger partial charge < -0.3 is 19.7 Å². The SMILES string of the molecule is CSC[C@@H](O)CNCc1cn(COCc2ccccc2)c2c(Cl)ncnc12. The lowest BCUT2D eigenvalue weighted by molar-refractivity contribution is 0.0667. The van der Waals surface area contributed by atoms with E-state index in [1.54, 1.807) is 11.8 Å². The van der Waals surface area contributed by atoms with Crippen molar-refractivity contribution in [2.45, 2.75) is 26.0 Å². The van der Waals surface area contributed by atoms with Crippen LogP contribution < -0.4 is 5.32 Å². The fraction of sp³-hybridized carbons (Fsp3) is 0.368. The molecule has 0 spiro atoms. The van der Waals surface area contributed by atoms with Crippen LogP contribution in [0.5, 0.6) is 0 Å². The minimum absolute atomic E-state index is 0.355. The molecule has 0 radical (unpaired) electrons. The lowest BCUT2D eigenvalue weighted by Crippen LogP contribution is -2.28. The highest BCUT2D eigenvalue weighted by molar-refractivity contribution is 7.98. The zero-order chi connectivity index (χ0) is 19.1. The van der Waals surface area contributed by atoms with Gasteiger partial charge in [0.2, 0.25) is 0 Å². The van der Waals surface area contributed by atoms with Crippen LogP contribution in [0.4, 0.5) is 0 Å². The molecule has 0 aliphatic carbocycles. The number of benzene rings is 1. The highest BCUT2D eigenvalue weighted by atomic mass is 35.5. The monoisotopic (exact) mass is 406 g/mol. The molecule has 144 valence electrons. The molecule has 3 rings (SSSR count). The van der Waals surface area contributed by atoms with Crippen molar-refractivity contribution >= 4 is 34.4 Å². The number of nitrogens with one attached hydrogen (secondary N) is 1. The molecule has 8 heteroatoms. The van der Waals surface area contributed by atoms with Crippen molar-refractivity contribution in [2.75, 3.05) is 18.6 Å². The normalized spacial score (nSPS) is 12.6. The summed E-state index contributed by atoms with van der Waals surface area (Å²) in [6.45, 7) is 1.98. The minimum Gasteiger partial charge on any atom is -0.391 e. The molecular formula is C19H23ClN4O2S. The molecule has 0 amide bonds. The quantitative estimate of drug-likeness (QED) is 0.504. The molecule has 0 saturated carbocycles. The average Bonchev–Trinajstić information content (AvgIpc) is 3.02. The van der Waals surface area contributed by atoms with Gasteiger partial charge in [-0.1, -0.05) is 41.9 Å². The number of aliphatic hydroxyl groups is 1. The van der Waals surface area contributed by atoms with Gasteiger partial charge in [-0.3, -0.25) is 0 Å². The van der Waals surface area contributed by atoms with E-state index in [1.165, 1.54) is 6.33 Å². The molecular weight excluding hydrogens is 384 g/mol. The van der Waals surface area contributed by atoms with E-state index in [4.69, 9.17) is 16.3 Å². The van der Waals surface area contributed by atoms with Gasteiger partial charge in [-0.05, 0) is 11.8 Å². The van der Waals surface area contributed by atoms with Gasteiger partial charge >= 0.3 is 0 Å². The first kappa shape index (κ1) is 20.1. The van der Waals surface area contributed by atoms with E-state index < -0.39 is 0 Å². The third-order valence-corrected chi connectivity index (χ3v) is 5.07. The van der Waals surface area contributed by atoms with Crippen LogP contribution in [0, 0.1) is 0 Å². The highest BCUT2D eigenvalue weighted by Gasteiger charge is 2.14. The maximum atomic E-state index is 9.86. The van der Waals surface area contributed by atoms with Crippen molar-refractivity contribution < 1.29 is 9.84 Å². The Labute approximate surface area is 167 Å². The maximum absolute atomic E-state index is 9.86. The summed E-state index contributed by atoms with van der Waals surface area (Å²) in [5, 5.41) is 13.5. The minimum atomic E-state index is -0.374. The summed E-state index contributed by atoms with van der Waals surface area (Å²) in [5.41, 5.74) is 3.66.